The topological polar surface area (TPSA) is 72.2 Å². The van der Waals surface area contributed by atoms with Crippen LogP contribution in [0.4, 0.5) is 5.82 Å². The van der Waals surface area contributed by atoms with E-state index in [0.29, 0.717) is 43.9 Å². The first kappa shape index (κ1) is 21.6. The highest BCUT2D eigenvalue weighted by Gasteiger charge is 2.39. The Hall–Kier alpha value is -2.65. The normalized spacial score (nSPS) is 16.1. The predicted octanol–water partition coefficient (Wildman–Crippen LogP) is 3.43. The van der Waals surface area contributed by atoms with E-state index < -0.39 is 8.07 Å². The molecule has 3 heterocycles. The number of aromatic nitrogens is 2. The average Bonchev–Trinajstić information content (AvgIpc) is 3.18. The number of imidazole rings is 1. The molecule has 0 saturated carbocycles. The lowest BCUT2D eigenvalue weighted by Gasteiger charge is -2.38. The maximum Gasteiger partial charge on any atom is 0.281 e. The summed E-state index contributed by atoms with van der Waals surface area (Å²) in [4.78, 5) is 26.6. The Bertz CT molecular complexity index is 965. The van der Waals surface area contributed by atoms with E-state index in [1.807, 2.05) is 28.8 Å². The molecule has 2 aliphatic heterocycles. The van der Waals surface area contributed by atoms with Gasteiger partial charge in [0.2, 0.25) is 5.96 Å². The van der Waals surface area contributed by atoms with E-state index in [1.54, 1.807) is 18.3 Å². The van der Waals surface area contributed by atoms with Gasteiger partial charge in [0.1, 0.15) is 12.5 Å². The van der Waals surface area contributed by atoms with E-state index >= 15 is 0 Å². The first-order chi connectivity index (χ1) is 14.9. The van der Waals surface area contributed by atoms with Crippen LogP contribution in [0, 0.1) is 0 Å². The molecule has 0 fully saturated rings. The second kappa shape index (κ2) is 8.84. The number of ether oxygens (including phenoxy) is 2. The quantitative estimate of drug-likeness (QED) is 0.464. The van der Waals surface area contributed by atoms with Gasteiger partial charge in [-0.2, -0.15) is 0 Å². The van der Waals surface area contributed by atoms with Crippen LogP contribution in [0.1, 0.15) is 22.5 Å². The van der Waals surface area contributed by atoms with Crippen molar-refractivity contribution < 1.29 is 14.3 Å². The summed E-state index contributed by atoms with van der Waals surface area (Å²) in [6.45, 7) is 9.96. The van der Waals surface area contributed by atoms with Gasteiger partial charge in [-0.05, 0) is 30.2 Å². The highest BCUT2D eigenvalue weighted by molar-refractivity contribution is 6.76. The predicted molar refractivity (Wildman–Crippen MR) is 123 cm³/mol. The van der Waals surface area contributed by atoms with Gasteiger partial charge in [-0.25, -0.2) is 4.98 Å². The van der Waals surface area contributed by atoms with E-state index in [-0.39, 0.29) is 5.91 Å². The zero-order valence-electron chi connectivity index (χ0n) is 18.8. The molecule has 0 bridgehead atoms. The maximum absolute atomic E-state index is 13.6. The van der Waals surface area contributed by atoms with Crippen molar-refractivity contribution in [3.63, 3.8) is 0 Å². The summed E-state index contributed by atoms with van der Waals surface area (Å²) in [5.74, 6) is 2.07. The third-order valence-electron chi connectivity index (χ3n) is 5.52. The summed E-state index contributed by atoms with van der Waals surface area (Å²) in [5, 5.41) is 0. The van der Waals surface area contributed by atoms with Gasteiger partial charge in [-0.3, -0.25) is 19.6 Å². The molecule has 8 nitrogen and oxygen atoms in total. The zero-order chi connectivity index (χ0) is 22.0. The molecule has 166 valence electrons. The van der Waals surface area contributed by atoms with Gasteiger partial charge in [0, 0.05) is 27.8 Å². The summed E-state index contributed by atoms with van der Waals surface area (Å²) in [6.07, 6.45) is 2.65. The van der Waals surface area contributed by atoms with E-state index in [2.05, 4.69) is 34.5 Å². The van der Waals surface area contributed by atoms with Crippen LogP contribution in [0.2, 0.25) is 25.7 Å². The van der Waals surface area contributed by atoms with Gasteiger partial charge < -0.3 is 14.0 Å². The van der Waals surface area contributed by atoms with Crippen LogP contribution < -0.4 is 9.64 Å². The Balaban J connectivity index is 1.57. The molecule has 2 aliphatic rings. The molecule has 4 rings (SSSR count). The Morgan fingerprint density at radius 3 is 2.65 bits per heavy atom. The SMILES string of the molecule is COc1ccc(CN2C(=O)c3c(ncn3COCC[Si](C)(C)C)N3CCCN=C23)cc1. The minimum Gasteiger partial charge on any atom is -0.497 e. The Morgan fingerprint density at radius 1 is 1.16 bits per heavy atom. The molecule has 31 heavy (non-hydrogen) atoms. The van der Waals surface area contributed by atoms with Crippen molar-refractivity contribution in [2.45, 2.75) is 45.4 Å². The van der Waals surface area contributed by atoms with Gasteiger partial charge in [0.25, 0.3) is 5.91 Å². The lowest BCUT2D eigenvalue weighted by atomic mass is 10.1. The number of benzene rings is 1. The van der Waals surface area contributed by atoms with Crippen LogP contribution in [0.5, 0.6) is 5.75 Å². The van der Waals surface area contributed by atoms with E-state index in [0.717, 1.165) is 30.3 Å². The molecule has 1 amide bonds. The zero-order valence-corrected chi connectivity index (χ0v) is 19.8. The minimum absolute atomic E-state index is 0.0889. The second-order valence-corrected chi connectivity index (χ2v) is 14.8. The number of nitrogens with zero attached hydrogens (tertiary/aromatic N) is 5. The van der Waals surface area contributed by atoms with E-state index in [4.69, 9.17) is 9.47 Å². The summed E-state index contributed by atoms with van der Waals surface area (Å²) in [5.41, 5.74) is 1.59. The van der Waals surface area contributed by atoms with Crippen molar-refractivity contribution >= 4 is 25.8 Å². The molecule has 0 N–H and O–H groups in total. The Morgan fingerprint density at radius 2 is 1.94 bits per heavy atom. The molecule has 9 heteroatoms. The molecule has 0 aliphatic carbocycles. The Kier molecular flexibility index (Phi) is 6.15. The second-order valence-electron chi connectivity index (χ2n) is 9.16. The van der Waals surface area contributed by atoms with Crippen molar-refractivity contribution in [1.29, 1.82) is 0 Å². The summed E-state index contributed by atoms with van der Waals surface area (Å²) in [7, 11) is 0.481. The molecule has 1 aromatic heterocycles. The number of methoxy groups -OCH3 is 1. The molecule has 0 saturated heterocycles. The van der Waals surface area contributed by atoms with E-state index in [1.165, 1.54) is 0 Å². The third kappa shape index (κ3) is 4.67. The van der Waals surface area contributed by atoms with Crippen LogP contribution >= 0.6 is 0 Å². The van der Waals surface area contributed by atoms with Crippen molar-refractivity contribution in [2.24, 2.45) is 4.99 Å². The fourth-order valence-electron chi connectivity index (χ4n) is 3.73. The van der Waals surface area contributed by atoms with E-state index in [9.17, 15) is 4.79 Å². The van der Waals surface area contributed by atoms with Crippen molar-refractivity contribution in [3.8, 4) is 5.75 Å². The highest BCUT2D eigenvalue weighted by Crippen LogP contribution is 2.30. The first-order valence-electron chi connectivity index (χ1n) is 10.8. The number of carbonyl (C=O) groups is 1. The van der Waals surface area contributed by atoms with Crippen LogP contribution in [0.15, 0.2) is 35.6 Å². The number of hydrogen-bond acceptors (Lipinski definition) is 6. The summed E-state index contributed by atoms with van der Waals surface area (Å²) in [6, 6.07) is 8.86. The smallest absolute Gasteiger partial charge is 0.281 e. The number of anilines is 1. The number of guanidine groups is 1. The van der Waals surface area contributed by atoms with Gasteiger partial charge >= 0.3 is 0 Å². The molecule has 0 unspecified atom stereocenters. The highest BCUT2D eigenvalue weighted by atomic mass is 28.3. The number of hydrogen-bond donors (Lipinski definition) is 0. The van der Waals surface area contributed by atoms with Crippen molar-refractivity contribution in [3.05, 3.63) is 41.9 Å². The fraction of sp³-hybridized carbons (Fsp3) is 0.500. The molecule has 2 aromatic rings. The van der Waals surface area contributed by atoms with Crippen LogP contribution in [-0.4, -0.2) is 61.2 Å². The molecular formula is C22H31N5O3Si. The van der Waals surface area contributed by atoms with Crippen LogP contribution in [0.3, 0.4) is 0 Å². The number of rotatable bonds is 8. The molecule has 0 spiro atoms. The van der Waals surface area contributed by atoms with Crippen molar-refractivity contribution in [1.82, 2.24) is 14.5 Å². The largest absolute Gasteiger partial charge is 0.497 e. The number of carbonyl (C=O) groups excluding carboxylic acids is 1. The molecule has 1 aromatic carbocycles. The molecule has 0 radical (unpaired) electrons. The third-order valence-corrected chi connectivity index (χ3v) is 7.23. The molecular weight excluding hydrogens is 410 g/mol. The fourth-order valence-corrected chi connectivity index (χ4v) is 4.48. The van der Waals surface area contributed by atoms with Gasteiger partial charge in [0.05, 0.1) is 20.0 Å². The lowest BCUT2D eigenvalue weighted by molar-refractivity contribution is 0.0724. The maximum atomic E-state index is 13.6. The monoisotopic (exact) mass is 441 g/mol. The number of amides is 1. The van der Waals surface area contributed by atoms with Crippen LogP contribution in [0.25, 0.3) is 0 Å². The Labute approximate surface area is 184 Å². The summed E-state index contributed by atoms with van der Waals surface area (Å²) >= 11 is 0. The summed E-state index contributed by atoms with van der Waals surface area (Å²) < 4.78 is 13.0. The standard InChI is InChI=1S/C22H31N5O3Si/c1-29-18-8-6-17(7-9-18)14-27-21(28)19-20(26-11-5-10-23-22(26)27)24-15-25(19)16-30-12-13-31(2,3)4/h6-9,15H,5,10-14,16H2,1-4H3. The van der Waals surface area contributed by atoms with Crippen molar-refractivity contribution in [2.75, 3.05) is 31.7 Å². The molecule has 0 atom stereocenters. The number of fused-ring (bicyclic) bond motifs is 3. The number of aliphatic imine (C=N–C) groups is 1. The minimum atomic E-state index is -1.16. The van der Waals surface area contributed by atoms with Crippen LogP contribution in [-0.2, 0) is 18.0 Å². The van der Waals surface area contributed by atoms with Gasteiger partial charge in [0.15, 0.2) is 11.5 Å². The van der Waals surface area contributed by atoms with Gasteiger partial charge in [-0.15, -0.1) is 0 Å². The first-order valence-corrected chi connectivity index (χ1v) is 14.5. The average molecular weight is 442 g/mol. The lowest BCUT2D eigenvalue weighted by Crippen LogP contribution is -2.54. The van der Waals surface area contributed by atoms with Gasteiger partial charge in [-0.1, -0.05) is 31.8 Å².